The summed E-state index contributed by atoms with van der Waals surface area (Å²) >= 11 is 8.14. The number of aromatic nitrogens is 6. The molecule has 38 heavy (non-hydrogen) atoms. The third kappa shape index (κ3) is 5.85. The minimum atomic E-state index is -2.62. The Morgan fingerprint density at radius 3 is 2.50 bits per heavy atom. The Bertz CT molecular complexity index is 1340. The minimum Gasteiger partial charge on any atom is -0.478 e. The van der Waals surface area contributed by atoms with Crippen LogP contribution < -0.4 is 26.1 Å². The molecule has 2 fully saturated rings. The first-order chi connectivity index (χ1) is 18.2. The van der Waals surface area contributed by atoms with Crippen LogP contribution in [-0.4, -0.2) is 87.7 Å². The number of halogens is 1. The van der Waals surface area contributed by atoms with Gasteiger partial charge in [-0.05, 0) is 52.1 Å². The molecular formula is C23H32ClN10O2PS. The normalized spacial score (nSPS) is 17.5. The van der Waals surface area contributed by atoms with Gasteiger partial charge in [-0.25, -0.2) is 15.0 Å². The highest BCUT2D eigenvalue weighted by Gasteiger charge is 2.28. The number of hydrogen-bond acceptors (Lipinski definition) is 13. The maximum atomic E-state index is 12.4. The van der Waals surface area contributed by atoms with Gasteiger partial charge >= 0.3 is 0 Å². The van der Waals surface area contributed by atoms with Crippen molar-refractivity contribution in [1.82, 2.24) is 35.0 Å². The van der Waals surface area contributed by atoms with Crippen molar-refractivity contribution in [2.75, 3.05) is 62.6 Å². The number of ether oxygens (including phenoxy) is 1. The van der Waals surface area contributed by atoms with E-state index in [2.05, 4.69) is 45.2 Å². The number of rotatable bonds is 7. The first-order valence-corrected chi connectivity index (χ1v) is 16.4. The van der Waals surface area contributed by atoms with Crippen LogP contribution in [0.2, 0.25) is 5.02 Å². The van der Waals surface area contributed by atoms with E-state index in [0.29, 0.717) is 22.2 Å². The predicted octanol–water partition coefficient (Wildman–Crippen LogP) is 3.48. The number of likely N-dealkylation sites (tertiary alicyclic amines) is 1. The molecule has 5 rings (SSSR count). The molecule has 0 aromatic carbocycles. The van der Waals surface area contributed by atoms with Crippen LogP contribution in [0.4, 0.5) is 22.7 Å². The molecule has 3 aromatic heterocycles. The SMILES string of the molecule is COc1nc(P(C)(C)=O)cnc1Nc1nc(N)nc(-c2nnc(N3CCC(N4CCCCC4)CC3)s2)c1Cl. The highest BCUT2D eigenvalue weighted by atomic mass is 35.5. The number of hydrogen-bond donors (Lipinski definition) is 2. The van der Waals surface area contributed by atoms with Gasteiger partial charge in [-0.1, -0.05) is 29.4 Å². The van der Waals surface area contributed by atoms with Crippen LogP contribution in [0.5, 0.6) is 5.88 Å². The fourth-order valence-corrected chi connectivity index (χ4v) is 6.63. The largest absolute Gasteiger partial charge is 0.478 e. The van der Waals surface area contributed by atoms with Crippen molar-refractivity contribution in [1.29, 1.82) is 0 Å². The molecule has 0 saturated carbocycles. The van der Waals surface area contributed by atoms with E-state index in [1.165, 1.54) is 57.0 Å². The van der Waals surface area contributed by atoms with E-state index in [-0.39, 0.29) is 28.5 Å². The van der Waals surface area contributed by atoms with Gasteiger partial charge in [0.05, 0.1) is 13.3 Å². The van der Waals surface area contributed by atoms with Crippen molar-refractivity contribution >= 4 is 58.2 Å². The Balaban J connectivity index is 1.33. The Labute approximate surface area is 230 Å². The third-order valence-corrected chi connectivity index (χ3v) is 9.50. The average molecular weight is 579 g/mol. The maximum Gasteiger partial charge on any atom is 0.258 e. The lowest BCUT2D eigenvalue weighted by atomic mass is 10.0. The second-order valence-corrected chi connectivity index (χ2v) is 14.4. The Morgan fingerprint density at radius 2 is 1.82 bits per heavy atom. The lowest BCUT2D eigenvalue weighted by molar-refractivity contribution is 0.141. The fraction of sp³-hybridized carbons (Fsp3) is 0.565. The van der Waals surface area contributed by atoms with E-state index in [0.717, 1.165) is 31.1 Å². The molecule has 0 radical (unpaired) electrons. The smallest absolute Gasteiger partial charge is 0.258 e. The average Bonchev–Trinajstić information content (AvgIpc) is 3.41. The fourth-order valence-electron chi connectivity index (χ4n) is 4.80. The molecule has 0 spiro atoms. The van der Waals surface area contributed by atoms with E-state index >= 15 is 0 Å². The number of nitrogen functional groups attached to an aromatic ring is 1. The standard InChI is InChI=1S/C23H32ClN10O2PS/c1-36-20-19(26-13-15(27-20)37(2,3)35)29-18-16(24)17(28-22(25)30-18)21-31-32-23(38-21)34-11-7-14(8-12-34)33-9-5-4-6-10-33/h13-14H,4-12H2,1-3H3,(H3,25,26,28,29,30). The van der Waals surface area contributed by atoms with Gasteiger partial charge < -0.3 is 30.2 Å². The zero-order valence-electron chi connectivity index (χ0n) is 21.7. The summed E-state index contributed by atoms with van der Waals surface area (Å²) in [6.45, 7) is 7.56. The molecule has 2 saturated heterocycles. The molecule has 0 amide bonds. The van der Waals surface area contributed by atoms with Gasteiger partial charge in [0.15, 0.2) is 16.6 Å². The summed E-state index contributed by atoms with van der Waals surface area (Å²) in [6.07, 6.45) is 7.66. The number of nitrogens with zero attached hydrogens (tertiary/aromatic N) is 8. The van der Waals surface area contributed by atoms with Crippen LogP contribution in [0.3, 0.4) is 0 Å². The topological polar surface area (TPSA) is 148 Å². The van der Waals surface area contributed by atoms with Gasteiger partial charge in [0.1, 0.15) is 23.3 Å². The van der Waals surface area contributed by atoms with Crippen LogP contribution in [0.1, 0.15) is 32.1 Å². The quantitative estimate of drug-likeness (QED) is 0.395. The Morgan fingerprint density at radius 1 is 1.08 bits per heavy atom. The maximum absolute atomic E-state index is 12.4. The van der Waals surface area contributed by atoms with Gasteiger partial charge in [-0.2, -0.15) is 4.98 Å². The minimum absolute atomic E-state index is 0.0150. The molecule has 2 aliphatic rings. The zero-order valence-corrected chi connectivity index (χ0v) is 24.2. The molecule has 0 bridgehead atoms. The molecule has 12 nitrogen and oxygen atoms in total. The first-order valence-electron chi connectivity index (χ1n) is 12.6. The number of piperidine rings is 2. The van der Waals surface area contributed by atoms with Gasteiger partial charge in [0.25, 0.3) is 5.88 Å². The zero-order chi connectivity index (χ0) is 26.9. The molecular weight excluding hydrogens is 547 g/mol. The summed E-state index contributed by atoms with van der Waals surface area (Å²) in [5, 5.41) is 13.4. The van der Waals surface area contributed by atoms with Crippen LogP contribution in [0.25, 0.3) is 10.7 Å². The number of nitrogens with one attached hydrogen (secondary N) is 1. The van der Waals surface area contributed by atoms with Crippen molar-refractivity contribution in [3.05, 3.63) is 11.2 Å². The molecule has 0 unspecified atom stereocenters. The van der Waals surface area contributed by atoms with Crippen molar-refractivity contribution in [3.63, 3.8) is 0 Å². The summed E-state index contributed by atoms with van der Waals surface area (Å²) < 4.78 is 17.8. The summed E-state index contributed by atoms with van der Waals surface area (Å²) in [7, 11) is -1.17. The van der Waals surface area contributed by atoms with Crippen LogP contribution in [-0.2, 0) is 4.57 Å². The molecule has 15 heteroatoms. The Kier molecular flexibility index (Phi) is 7.99. The third-order valence-electron chi connectivity index (χ3n) is 6.84. The summed E-state index contributed by atoms with van der Waals surface area (Å²) in [4.78, 5) is 22.2. The summed E-state index contributed by atoms with van der Waals surface area (Å²) in [5.41, 5.74) is 6.76. The first kappa shape index (κ1) is 27.0. The predicted molar refractivity (Wildman–Crippen MR) is 152 cm³/mol. The highest BCUT2D eigenvalue weighted by molar-refractivity contribution is 7.69. The van der Waals surface area contributed by atoms with Crippen molar-refractivity contribution in [2.24, 2.45) is 0 Å². The molecule has 2 aliphatic heterocycles. The van der Waals surface area contributed by atoms with Crippen LogP contribution >= 0.6 is 30.1 Å². The van der Waals surface area contributed by atoms with Gasteiger partial charge in [0.2, 0.25) is 11.1 Å². The van der Waals surface area contributed by atoms with Crippen molar-refractivity contribution in [2.45, 2.75) is 38.1 Å². The number of methoxy groups -OCH3 is 1. The van der Waals surface area contributed by atoms with Gasteiger partial charge in [-0.3, -0.25) is 0 Å². The molecule has 0 atom stereocenters. The van der Waals surface area contributed by atoms with Gasteiger partial charge in [-0.15, -0.1) is 10.2 Å². The summed E-state index contributed by atoms with van der Waals surface area (Å²) in [5.74, 6) is 0.656. The lowest BCUT2D eigenvalue weighted by Gasteiger charge is -2.40. The highest BCUT2D eigenvalue weighted by Crippen LogP contribution is 2.39. The Hall–Kier alpha value is -2.60. The van der Waals surface area contributed by atoms with Crippen LogP contribution in [0.15, 0.2) is 6.20 Å². The second-order valence-electron chi connectivity index (χ2n) is 9.86. The lowest BCUT2D eigenvalue weighted by Crippen LogP contribution is -2.46. The molecule has 5 heterocycles. The van der Waals surface area contributed by atoms with E-state index in [1.807, 2.05) is 0 Å². The van der Waals surface area contributed by atoms with E-state index in [4.69, 9.17) is 22.1 Å². The molecule has 0 aliphatic carbocycles. The van der Waals surface area contributed by atoms with Gasteiger partial charge in [0, 0.05) is 19.1 Å². The van der Waals surface area contributed by atoms with E-state index in [9.17, 15) is 4.57 Å². The van der Waals surface area contributed by atoms with Crippen molar-refractivity contribution in [3.8, 4) is 16.6 Å². The monoisotopic (exact) mass is 578 g/mol. The second kappa shape index (κ2) is 11.3. The molecule has 3 aromatic rings. The number of nitrogens with two attached hydrogens (primary N) is 1. The molecule has 3 N–H and O–H groups in total. The molecule has 204 valence electrons. The van der Waals surface area contributed by atoms with Crippen LogP contribution in [0, 0.1) is 0 Å². The van der Waals surface area contributed by atoms with E-state index < -0.39 is 7.14 Å². The van der Waals surface area contributed by atoms with E-state index in [1.54, 1.807) is 13.3 Å². The van der Waals surface area contributed by atoms with Crippen molar-refractivity contribution < 1.29 is 9.30 Å². The number of anilines is 4. The summed E-state index contributed by atoms with van der Waals surface area (Å²) in [6, 6.07) is 0.652.